The largest absolute Gasteiger partial charge is 0.378 e. The molecule has 3 rings (SSSR count). The average molecular weight is 342 g/mol. The first-order valence-electron chi connectivity index (χ1n) is 8.72. The van der Waals surface area contributed by atoms with Gasteiger partial charge in [0.1, 0.15) is 5.82 Å². The standard InChI is InChI=1S/C20H23FN2O2/c1-23(11-3-7-17-8-4-12-25-17)20(24)16-6-2-5-15(13-16)18-9-10-22-14-19(18)21/h2,5-6,9-10,13-14,17H,3-4,7-8,11-12H2,1H3/t17-/m1/s1. The molecule has 0 N–H and O–H groups in total. The van der Waals surface area contributed by atoms with Crippen LogP contribution in [0.25, 0.3) is 11.1 Å². The fraction of sp³-hybridized carbons (Fsp3) is 0.400. The first kappa shape index (κ1) is 17.5. The maximum Gasteiger partial charge on any atom is 0.253 e. The molecule has 2 heterocycles. The fourth-order valence-corrected chi connectivity index (χ4v) is 3.18. The summed E-state index contributed by atoms with van der Waals surface area (Å²) < 4.78 is 19.5. The second-order valence-corrected chi connectivity index (χ2v) is 6.44. The molecule has 5 heteroatoms. The minimum absolute atomic E-state index is 0.0522. The molecule has 1 fully saturated rings. The summed E-state index contributed by atoms with van der Waals surface area (Å²) in [7, 11) is 1.80. The molecular weight excluding hydrogens is 319 g/mol. The smallest absolute Gasteiger partial charge is 0.253 e. The molecule has 4 nitrogen and oxygen atoms in total. The van der Waals surface area contributed by atoms with Crippen molar-refractivity contribution in [2.75, 3.05) is 20.2 Å². The number of halogens is 1. The van der Waals surface area contributed by atoms with E-state index in [2.05, 4.69) is 4.98 Å². The highest BCUT2D eigenvalue weighted by Gasteiger charge is 2.17. The third-order valence-electron chi connectivity index (χ3n) is 4.58. The van der Waals surface area contributed by atoms with E-state index in [1.807, 2.05) is 0 Å². The zero-order valence-electron chi connectivity index (χ0n) is 14.5. The molecule has 0 aliphatic carbocycles. The van der Waals surface area contributed by atoms with Crippen molar-refractivity contribution in [1.29, 1.82) is 0 Å². The molecular formula is C20H23FN2O2. The van der Waals surface area contributed by atoms with Crippen molar-refractivity contribution in [3.8, 4) is 11.1 Å². The first-order valence-corrected chi connectivity index (χ1v) is 8.72. The van der Waals surface area contributed by atoms with E-state index in [9.17, 15) is 9.18 Å². The fourth-order valence-electron chi connectivity index (χ4n) is 3.18. The van der Waals surface area contributed by atoms with Crippen LogP contribution in [-0.2, 0) is 4.74 Å². The predicted octanol–water partition coefficient (Wildman–Crippen LogP) is 3.92. The van der Waals surface area contributed by atoms with Gasteiger partial charge in [0.2, 0.25) is 0 Å². The summed E-state index contributed by atoms with van der Waals surface area (Å²) in [5.74, 6) is -0.444. The maximum atomic E-state index is 13.9. The topological polar surface area (TPSA) is 42.4 Å². The highest BCUT2D eigenvalue weighted by molar-refractivity contribution is 5.95. The van der Waals surface area contributed by atoms with Crippen LogP contribution >= 0.6 is 0 Å². The van der Waals surface area contributed by atoms with Crippen LogP contribution in [0.2, 0.25) is 0 Å². The zero-order valence-corrected chi connectivity index (χ0v) is 14.5. The normalized spacial score (nSPS) is 16.8. The third-order valence-corrected chi connectivity index (χ3v) is 4.58. The molecule has 132 valence electrons. The minimum Gasteiger partial charge on any atom is -0.378 e. The highest BCUT2D eigenvalue weighted by atomic mass is 19.1. The van der Waals surface area contributed by atoms with Gasteiger partial charge in [-0.15, -0.1) is 0 Å². The van der Waals surface area contributed by atoms with Crippen LogP contribution in [0.3, 0.4) is 0 Å². The lowest BCUT2D eigenvalue weighted by molar-refractivity contribution is 0.0763. The van der Waals surface area contributed by atoms with Crippen molar-refractivity contribution in [1.82, 2.24) is 9.88 Å². The number of pyridine rings is 1. The molecule has 0 spiro atoms. The van der Waals surface area contributed by atoms with E-state index < -0.39 is 5.82 Å². The Morgan fingerprint density at radius 1 is 1.40 bits per heavy atom. The van der Waals surface area contributed by atoms with Crippen LogP contribution in [0.15, 0.2) is 42.7 Å². The molecule has 1 aliphatic rings. The number of carbonyl (C=O) groups excluding carboxylic acids is 1. The van der Waals surface area contributed by atoms with E-state index in [4.69, 9.17) is 4.74 Å². The number of aromatic nitrogens is 1. The summed E-state index contributed by atoms with van der Waals surface area (Å²) in [5.41, 5.74) is 1.69. The predicted molar refractivity (Wildman–Crippen MR) is 94.8 cm³/mol. The van der Waals surface area contributed by atoms with Gasteiger partial charge in [-0.1, -0.05) is 12.1 Å². The maximum absolute atomic E-state index is 13.9. The highest BCUT2D eigenvalue weighted by Crippen LogP contribution is 2.23. The van der Waals surface area contributed by atoms with Crippen LogP contribution in [0.5, 0.6) is 0 Å². The van der Waals surface area contributed by atoms with Crippen molar-refractivity contribution >= 4 is 5.91 Å². The molecule has 1 atom stereocenters. The van der Waals surface area contributed by atoms with Gasteiger partial charge in [0, 0.05) is 37.5 Å². The van der Waals surface area contributed by atoms with Gasteiger partial charge in [0.25, 0.3) is 5.91 Å². The van der Waals surface area contributed by atoms with Crippen LogP contribution in [-0.4, -0.2) is 42.1 Å². The molecule has 0 unspecified atom stereocenters. The Bertz CT molecular complexity index is 729. The third kappa shape index (κ3) is 4.42. The summed E-state index contributed by atoms with van der Waals surface area (Å²) >= 11 is 0. The summed E-state index contributed by atoms with van der Waals surface area (Å²) in [4.78, 5) is 18.1. The Labute approximate surface area is 147 Å². The Kier molecular flexibility index (Phi) is 5.76. The lowest BCUT2D eigenvalue weighted by Crippen LogP contribution is -2.28. The number of amides is 1. The summed E-state index contributed by atoms with van der Waals surface area (Å²) in [5, 5.41) is 0. The van der Waals surface area contributed by atoms with Crippen LogP contribution in [0, 0.1) is 5.82 Å². The van der Waals surface area contributed by atoms with Gasteiger partial charge in [-0.05, 0) is 49.4 Å². The second kappa shape index (κ2) is 8.21. The monoisotopic (exact) mass is 342 g/mol. The molecule has 0 saturated carbocycles. The van der Waals surface area contributed by atoms with Crippen LogP contribution in [0.1, 0.15) is 36.0 Å². The number of benzene rings is 1. The average Bonchev–Trinajstić information content (AvgIpc) is 3.15. The first-order chi connectivity index (χ1) is 12.1. The van der Waals surface area contributed by atoms with E-state index in [-0.39, 0.29) is 5.91 Å². The quantitative estimate of drug-likeness (QED) is 0.799. The number of hydrogen-bond donors (Lipinski definition) is 0. The van der Waals surface area contributed by atoms with Crippen molar-refractivity contribution in [2.24, 2.45) is 0 Å². The van der Waals surface area contributed by atoms with Gasteiger partial charge in [0.15, 0.2) is 0 Å². The Morgan fingerprint density at radius 3 is 3.04 bits per heavy atom. The Balaban J connectivity index is 1.63. The van der Waals surface area contributed by atoms with Crippen molar-refractivity contribution < 1.29 is 13.9 Å². The van der Waals surface area contributed by atoms with Gasteiger partial charge in [0.05, 0.1) is 12.3 Å². The van der Waals surface area contributed by atoms with Crippen molar-refractivity contribution in [3.05, 3.63) is 54.1 Å². The van der Waals surface area contributed by atoms with Gasteiger partial charge in [-0.25, -0.2) is 4.39 Å². The molecule has 2 aromatic rings. The van der Waals surface area contributed by atoms with E-state index in [1.54, 1.807) is 48.5 Å². The van der Waals surface area contributed by atoms with Gasteiger partial charge in [-0.3, -0.25) is 9.78 Å². The number of carbonyl (C=O) groups is 1. The van der Waals surface area contributed by atoms with E-state index in [1.165, 1.54) is 6.20 Å². The number of nitrogens with zero attached hydrogens (tertiary/aromatic N) is 2. The van der Waals surface area contributed by atoms with Gasteiger partial charge >= 0.3 is 0 Å². The molecule has 1 amide bonds. The summed E-state index contributed by atoms with van der Waals surface area (Å²) in [6.45, 7) is 1.55. The lowest BCUT2D eigenvalue weighted by Gasteiger charge is -2.18. The van der Waals surface area contributed by atoms with Gasteiger partial charge in [-0.2, -0.15) is 0 Å². The number of hydrogen-bond acceptors (Lipinski definition) is 3. The minimum atomic E-state index is -0.392. The van der Waals surface area contributed by atoms with Crippen LogP contribution in [0.4, 0.5) is 4.39 Å². The Morgan fingerprint density at radius 2 is 2.28 bits per heavy atom. The number of ether oxygens (including phenoxy) is 1. The SMILES string of the molecule is CN(CCC[C@@H]1CCCO1)C(=O)c1cccc(-c2ccncc2F)c1. The molecule has 1 aliphatic heterocycles. The molecule has 1 aromatic carbocycles. The van der Waals surface area contributed by atoms with E-state index in [0.29, 0.717) is 29.3 Å². The molecule has 25 heavy (non-hydrogen) atoms. The second-order valence-electron chi connectivity index (χ2n) is 6.44. The molecule has 1 aromatic heterocycles. The Hall–Kier alpha value is -2.27. The van der Waals surface area contributed by atoms with E-state index >= 15 is 0 Å². The number of rotatable bonds is 6. The lowest BCUT2D eigenvalue weighted by atomic mass is 10.0. The van der Waals surface area contributed by atoms with E-state index in [0.717, 1.165) is 32.3 Å². The van der Waals surface area contributed by atoms with Gasteiger partial charge < -0.3 is 9.64 Å². The van der Waals surface area contributed by atoms with Crippen molar-refractivity contribution in [3.63, 3.8) is 0 Å². The summed E-state index contributed by atoms with van der Waals surface area (Å²) in [6, 6.07) is 8.69. The van der Waals surface area contributed by atoms with Crippen LogP contribution < -0.4 is 0 Å². The molecule has 0 radical (unpaired) electrons. The zero-order chi connectivity index (χ0) is 17.6. The summed E-state index contributed by atoms with van der Waals surface area (Å²) in [6.07, 6.45) is 7.24. The molecule has 0 bridgehead atoms. The van der Waals surface area contributed by atoms with Crippen molar-refractivity contribution in [2.45, 2.75) is 31.8 Å². The molecule has 1 saturated heterocycles.